The highest BCUT2D eigenvalue weighted by molar-refractivity contribution is 5.68. The normalized spacial score (nSPS) is 11.0. The maximum atomic E-state index is 5.86. The van der Waals surface area contributed by atoms with Crippen LogP contribution in [0.4, 0.5) is 11.6 Å². The highest BCUT2D eigenvalue weighted by Crippen LogP contribution is 2.27. The largest absolute Gasteiger partial charge is 0.488 e. The van der Waals surface area contributed by atoms with Crippen LogP contribution < -0.4 is 10.1 Å². The van der Waals surface area contributed by atoms with E-state index in [0.29, 0.717) is 17.6 Å². The second-order valence-corrected chi connectivity index (χ2v) is 7.17. The molecule has 0 radical (unpaired) electrons. The van der Waals surface area contributed by atoms with E-state index in [9.17, 15) is 0 Å². The fraction of sp³-hybridized carbons (Fsp3) is 0.227. The molecular weight excluding hydrogens is 352 g/mol. The molecule has 2 heterocycles. The Labute approximate surface area is 165 Å². The van der Waals surface area contributed by atoms with Crippen molar-refractivity contribution in [3.05, 3.63) is 67.0 Å². The van der Waals surface area contributed by atoms with Gasteiger partial charge in [-0.25, -0.2) is 15.0 Å². The zero-order chi connectivity index (χ0) is 20.1. The highest BCUT2D eigenvalue weighted by atomic mass is 16.5. The third-order valence-electron chi connectivity index (χ3n) is 3.77. The van der Waals surface area contributed by atoms with E-state index >= 15 is 0 Å². The molecule has 0 bridgehead atoms. The van der Waals surface area contributed by atoms with Crippen molar-refractivity contribution in [3.8, 4) is 17.1 Å². The Hall–Kier alpha value is -3.41. The molecule has 0 aliphatic carbocycles. The van der Waals surface area contributed by atoms with Gasteiger partial charge >= 0.3 is 0 Å². The Kier molecular flexibility index (Phi) is 5.59. The first-order chi connectivity index (χ1) is 13.4. The summed E-state index contributed by atoms with van der Waals surface area (Å²) in [5.41, 5.74) is 2.95. The van der Waals surface area contributed by atoms with Crippen molar-refractivity contribution in [1.29, 1.82) is 0 Å². The fourth-order valence-electron chi connectivity index (χ4n) is 2.65. The molecule has 6 heteroatoms. The quantitative estimate of drug-likeness (QED) is 0.605. The molecule has 0 unspecified atom stereocenters. The molecule has 2 aromatic heterocycles. The number of ether oxygens (including phenoxy) is 2. The number of nitrogens with zero attached hydrogens (tertiary/aromatic N) is 3. The Morgan fingerprint density at radius 1 is 1.04 bits per heavy atom. The van der Waals surface area contributed by atoms with E-state index < -0.39 is 0 Å². The molecule has 0 saturated carbocycles. The number of anilines is 2. The van der Waals surface area contributed by atoms with Crippen molar-refractivity contribution in [2.75, 3.05) is 12.4 Å². The molecule has 144 valence electrons. The first-order valence-corrected chi connectivity index (χ1v) is 8.93. The maximum Gasteiger partial charge on any atom is 0.227 e. The number of aromatic nitrogens is 3. The maximum absolute atomic E-state index is 5.86. The minimum atomic E-state index is -0.305. The van der Waals surface area contributed by atoms with Gasteiger partial charge in [-0.1, -0.05) is 18.7 Å². The highest BCUT2D eigenvalue weighted by Gasteiger charge is 2.14. The van der Waals surface area contributed by atoms with Gasteiger partial charge in [-0.05, 0) is 51.1 Å². The number of rotatable bonds is 6. The third kappa shape index (κ3) is 4.85. The van der Waals surface area contributed by atoms with Gasteiger partial charge in [-0.15, -0.1) is 0 Å². The second kappa shape index (κ2) is 8.08. The van der Waals surface area contributed by atoms with Crippen LogP contribution in [0.15, 0.2) is 61.4 Å². The molecule has 3 aromatic rings. The predicted octanol–water partition coefficient (Wildman–Crippen LogP) is 5.08. The zero-order valence-electron chi connectivity index (χ0n) is 16.6. The van der Waals surface area contributed by atoms with Crippen LogP contribution in [-0.4, -0.2) is 27.7 Å². The monoisotopic (exact) mass is 376 g/mol. The fourth-order valence-corrected chi connectivity index (χ4v) is 2.65. The van der Waals surface area contributed by atoms with Crippen molar-refractivity contribution in [2.45, 2.75) is 26.4 Å². The lowest BCUT2D eigenvalue weighted by atomic mass is 10.1. The van der Waals surface area contributed by atoms with Gasteiger partial charge in [0.2, 0.25) is 11.8 Å². The second-order valence-electron chi connectivity index (χ2n) is 7.17. The number of pyridine rings is 1. The average Bonchev–Trinajstić information content (AvgIpc) is 2.67. The van der Waals surface area contributed by atoms with E-state index in [1.807, 2.05) is 63.2 Å². The standard InChI is InChI=1S/C22H24N4O2/c1-15(28-22(2,3)4)16-8-6-9-17(14-16)25-21-24-13-11-19(26-21)18-10-7-12-23-20(18)27-5/h6-14H,1H2,2-5H3,(H,24,25,26). The van der Waals surface area contributed by atoms with E-state index in [1.54, 1.807) is 19.5 Å². The van der Waals surface area contributed by atoms with Gasteiger partial charge in [0.05, 0.1) is 18.4 Å². The van der Waals surface area contributed by atoms with Crippen LogP contribution in [0.25, 0.3) is 17.0 Å². The summed E-state index contributed by atoms with van der Waals surface area (Å²) in [7, 11) is 1.59. The van der Waals surface area contributed by atoms with Crippen molar-refractivity contribution < 1.29 is 9.47 Å². The summed E-state index contributed by atoms with van der Waals surface area (Å²) in [5.74, 6) is 1.61. The van der Waals surface area contributed by atoms with Gasteiger partial charge < -0.3 is 14.8 Å². The molecule has 0 amide bonds. The molecular formula is C22H24N4O2. The van der Waals surface area contributed by atoms with Gasteiger partial charge in [0.1, 0.15) is 11.4 Å². The van der Waals surface area contributed by atoms with Crippen molar-refractivity contribution in [3.63, 3.8) is 0 Å². The van der Waals surface area contributed by atoms with E-state index in [4.69, 9.17) is 9.47 Å². The minimum absolute atomic E-state index is 0.305. The number of methoxy groups -OCH3 is 1. The van der Waals surface area contributed by atoms with Gasteiger partial charge in [0, 0.05) is 23.6 Å². The van der Waals surface area contributed by atoms with Crippen LogP contribution in [0.5, 0.6) is 5.88 Å². The van der Waals surface area contributed by atoms with Crippen LogP contribution in [0.1, 0.15) is 26.3 Å². The van der Waals surface area contributed by atoms with Gasteiger partial charge in [0.15, 0.2) is 0 Å². The first-order valence-electron chi connectivity index (χ1n) is 8.93. The van der Waals surface area contributed by atoms with Crippen molar-refractivity contribution in [1.82, 2.24) is 15.0 Å². The summed E-state index contributed by atoms with van der Waals surface area (Å²) >= 11 is 0. The lowest BCUT2D eigenvalue weighted by molar-refractivity contribution is 0.0976. The summed E-state index contributed by atoms with van der Waals surface area (Å²) < 4.78 is 11.2. The minimum Gasteiger partial charge on any atom is -0.488 e. The summed E-state index contributed by atoms with van der Waals surface area (Å²) in [4.78, 5) is 13.1. The predicted molar refractivity (Wildman–Crippen MR) is 111 cm³/mol. The summed E-state index contributed by atoms with van der Waals surface area (Å²) in [6, 6.07) is 13.4. The lowest BCUT2D eigenvalue weighted by Gasteiger charge is -2.23. The molecule has 0 spiro atoms. The Morgan fingerprint density at radius 2 is 1.86 bits per heavy atom. The third-order valence-corrected chi connectivity index (χ3v) is 3.77. The average molecular weight is 376 g/mol. The molecule has 1 N–H and O–H groups in total. The van der Waals surface area contributed by atoms with Gasteiger partial charge in [0.25, 0.3) is 0 Å². The van der Waals surface area contributed by atoms with Gasteiger partial charge in [-0.3, -0.25) is 0 Å². The van der Waals surface area contributed by atoms with E-state index in [2.05, 4.69) is 26.8 Å². The number of hydrogen-bond acceptors (Lipinski definition) is 6. The molecule has 1 aromatic carbocycles. The summed E-state index contributed by atoms with van der Waals surface area (Å²) in [5, 5.41) is 3.23. The summed E-state index contributed by atoms with van der Waals surface area (Å²) in [6.07, 6.45) is 3.38. The Balaban J connectivity index is 1.83. The topological polar surface area (TPSA) is 69.2 Å². The van der Waals surface area contributed by atoms with E-state index in [0.717, 1.165) is 22.5 Å². The molecule has 0 saturated heterocycles. The van der Waals surface area contributed by atoms with Crippen molar-refractivity contribution >= 4 is 17.4 Å². The lowest BCUT2D eigenvalue weighted by Crippen LogP contribution is -2.17. The molecule has 0 aliphatic heterocycles. The molecule has 0 aliphatic rings. The van der Waals surface area contributed by atoms with Crippen LogP contribution in [0.3, 0.4) is 0 Å². The smallest absolute Gasteiger partial charge is 0.227 e. The van der Waals surface area contributed by atoms with Crippen LogP contribution in [0.2, 0.25) is 0 Å². The van der Waals surface area contributed by atoms with E-state index in [1.165, 1.54) is 0 Å². The molecule has 3 rings (SSSR count). The number of nitrogens with one attached hydrogen (secondary N) is 1. The number of benzene rings is 1. The Morgan fingerprint density at radius 3 is 2.61 bits per heavy atom. The van der Waals surface area contributed by atoms with Crippen LogP contribution >= 0.6 is 0 Å². The molecule has 6 nitrogen and oxygen atoms in total. The van der Waals surface area contributed by atoms with Crippen LogP contribution in [-0.2, 0) is 4.74 Å². The number of hydrogen-bond donors (Lipinski definition) is 1. The van der Waals surface area contributed by atoms with E-state index in [-0.39, 0.29) is 5.60 Å². The molecule has 0 atom stereocenters. The van der Waals surface area contributed by atoms with Gasteiger partial charge in [-0.2, -0.15) is 0 Å². The Bertz CT molecular complexity index is 980. The molecule has 0 fully saturated rings. The van der Waals surface area contributed by atoms with Crippen molar-refractivity contribution in [2.24, 2.45) is 0 Å². The SMILES string of the molecule is C=C(OC(C)(C)C)c1cccc(Nc2nccc(-c3cccnc3OC)n2)c1. The molecule has 28 heavy (non-hydrogen) atoms. The summed E-state index contributed by atoms with van der Waals surface area (Å²) in [6.45, 7) is 10.0. The zero-order valence-corrected chi connectivity index (χ0v) is 16.6. The van der Waals surface area contributed by atoms with Crippen LogP contribution in [0, 0.1) is 0 Å². The first kappa shape index (κ1) is 19.4.